The summed E-state index contributed by atoms with van der Waals surface area (Å²) in [6, 6.07) is 4.59. The molecule has 1 aliphatic rings. The van der Waals surface area contributed by atoms with Crippen LogP contribution in [0.2, 0.25) is 0 Å². The quantitative estimate of drug-likeness (QED) is 0.929. The molecule has 23 heavy (non-hydrogen) atoms. The Balaban J connectivity index is 1.83. The molecule has 2 aromatic rings. The van der Waals surface area contributed by atoms with Crippen LogP contribution in [0.1, 0.15) is 34.6 Å². The minimum atomic E-state index is -0.955. The number of rotatable bonds is 3. The van der Waals surface area contributed by atoms with Crippen molar-refractivity contribution in [2.75, 3.05) is 6.54 Å². The molecular formula is C16H18N4O3. The predicted molar refractivity (Wildman–Crippen MR) is 82.5 cm³/mol. The molecule has 120 valence electrons. The van der Waals surface area contributed by atoms with E-state index in [4.69, 9.17) is 0 Å². The molecule has 3 rings (SSSR count). The monoisotopic (exact) mass is 314 g/mol. The number of aromatic nitrogens is 3. The van der Waals surface area contributed by atoms with E-state index in [1.54, 1.807) is 16.8 Å². The molecule has 1 unspecified atom stereocenters. The van der Waals surface area contributed by atoms with Crippen LogP contribution in [0.3, 0.4) is 0 Å². The average Bonchev–Trinajstić information content (AvgIpc) is 3.13. The fraction of sp³-hybridized carbons (Fsp3) is 0.375. The van der Waals surface area contributed by atoms with E-state index in [0.717, 1.165) is 11.4 Å². The van der Waals surface area contributed by atoms with E-state index in [0.29, 0.717) is 30.8 Å². The van der Waals surface area contributed by atoms with E-state index >= 15 is 0 Å². The smallest absolute Gasteiger partial charge is 0.326 e. The highest BCUT2D eigenvalue weighted by Crippen LogP contribution is 2.20. The summed E-state index contributed by atoms with van der Waals surface area (Å²) in [4.78, 5) is 29.4. The first kappa shape index (κ1) is 15.2. The van der Waals surface area contributed by atoms with Crippen LogP contribution in [-0.4, -0.2) is 49.2 Å². The Labute approximate surface area is 133 Å². The molecular weight excluding hydrogens is 296 g/mol. The van der Waals surface area contributed by atoms with Gasteiger partial charge in [-0.05, 0) is 44.9 Å². The predicted octanol–water partition coefficient (Wildman–Crippen LogP) is 1.57. The van der Waals surface area contributed by atoms with Crippen LogP contribution in [0.4, 0.5) is 0 Å². The van der Waals surface area contributed by atoms with Gasteiger partial charge in [0, 0.05) is 18.4 Å². The number of hydrogen-bond donors (Lipinski definition) is 1. The minimum absolute atomic E-state index is 0.290. The molecule has 3 heterocycles. The van der Waals surface area contributed by atoms with Gasteiger partial charge in [0.1, 0.15) is 6.04 Å². The van der Waals surface area contributed by atoms with Gasteiger partial charge in [-0.15, -0.1) is 0 Å². The van der Waals surface area contributed by atoms with Crippen molar-refractivity contribution in [3.8, 4) is 5.82 Å². The Kier molecular flexibility index (Phi) is 3.85. The lowest BCUT2D eigenvalue weighted by Crippen LogP contribution is -2.40. The number of carboxylic acids is 1. The van der Waals surface area contributed by atoms with E-state index in [1.165, 1.54) is 11.1 Å². The van der Waals surface area contributed by atoms with E-state index in [2.05, 4.69) is 10.1 Å². The fourth-order valence-corrected chi connectivity index (χ4v) is 2.93. The highest BCUT2D eigenvalue weighted by atomic mass is 16.4. The van der Waals surface area contributed by atoms with E-state index in [9.17, 15) is 14.7 Å². The van der Waals surface area contributed by atoms with Gasteiger partial charge >= 0.3 is 5.97 Å². The number of likely N-dealkylation sites (tertiary alicyclic amines) is 1. The van der Waals surface area contributed by atoms with Gasteiger partial charge < -0.3 is 10.0 Å². The topological polar surface area (TPSA) is 88.3 Å². The molecule has 0 radical (unpaired) electrons. The first-order valence-corrected chi connectivity index (χ1v) is 7.51. The number of carbonyl (C=O) groups excluding carboxylic acids is 1. The Bertz CT molecular complexity index is 751. The average molecular weight is 314 g/mol. The SMILES string of the molecule is Cc1cc(C)n(-c2ccc(C(=O)N3CCCC3C(=O)O)cn2)n1. The fourth-order valence-electron chi connectivity index (χ4n) is 2.93. The maximum absolute atomic E-state index is 12.5. The first-order valence-electron chi connectivity index (χ1n) is 7.51. The van der Waals surface area contributed by atoms with E-state index in [1.807, 2.05) is 19.9 Å². The van der Waals surface area contributed by atoms with Gasteiger partial charge in [0.05, 0.1) is 11.3 Å². The molecule has 1 saturated heterocycles. The van der Waals surface area contributed by atoms with Gasteiger partial charge in [-0.1, -0.05) is 0 Å². The lowest BCUT2D eigenvalue weighted by molar-refractivity contribution is -0.141. The molecule has 0 spiro atoms. The number of nitrogens with zero attached hydrogens (tertiary/aromatic N) is 4. The zero-order chi connectivity index (χ0) is 16.6. The molecule has 1 fully saturated rings. The zero-order valence-electron chi connectivity index (χ0n) is 13.1. The van der Waals surface area contributed by atoms with E-state index < -0.39 is 12.0 Å². The summed E-state index contributed by atoms with van der Waals surface area (Å²) in [5.41, 5.74) is 2.24. The second kappa shape index (κ2) is 5.83. The summed E-state index contributed by atoms with van der Waals surface area (Å²) in [5, 5.41) is 13.5. The molecule has 0 bridgehead atoms. The third-order valence-electron chi connectivity index (χ3n) is 4.02. The van der Waals surface area contributed by atoms with Gasteiger partial charge in [0.15, 0.2) is 5.82 Å². The van der Waals surface area contributed by atoms with Crippen LogP contribution in [0.15, 0.2) is 24.4 Å². The molecule has 1 aliphatic heterocycles. The molecule has 2 aromatic heterocycles. The maximum Gasteiger partial charge on any atom is 0.326 e. The van der Waals surface area contributed by atoms with Crippen molar-refractivity contribution in [3.05, 3.63) is 41.3 Å². The van der Waals surface area contributed by atoms with Crippen LogP contribution in [0, 0.1) is 13.8 Å². The van der Waals surface area contributed by atoms with Crippen LogP contribution in [-0.2, 0) is 4.79 Å². The highest BCUT2D eigenvalue weighted by molar-refractivity contribution is 5.96. The first-order chi connectivity index (χ1) is 11.0. The summed E-state index contributed by atoms with van der Waals surface area (Å²) in [5.74, 6) is -0.617. The number of carboxylic acid groups (broad SMARTS) is 1. The summed E-state index contributed by atoms with van der Waals surface area (Å²) < 4.78 is 1.71. The molecule has 7 nitrogen and oxygen atoms in total. The Morgan fingerprint density at radius 3 is 2.65 bits per heavy atom. The van der Waals surface area contributed by atoms with Gasteiger partial charge in [0.2, 0.25) is 0 Å². The molecule has 0 saturated carbocycles. The second-order valence-electron chi connectivity index (χ2n) is 5.74. The maximum atomic E-state index is 12.5. The van der Waals surface area contributed by atoms with Gasteiger partial charge in [-0.25, -0.2) is 14.5 Å². The molecule has 1 atom stereocenters. The van der Waals surface area contributed by atoms with Gasteiger partial charge in [0.25, 0.3) is 5.91 Å². The van der Waals surface area contributed by atoms with Crippen molar-refractivity contribution in [3.63, 3.8) is 0 Å². The number of hydrogen-bond acceptors (Lipinski definition) is 4. The van der Waals surface area contributed by atoms with Crippen molar-refractivity contribution in [1.82, 2.24) is 19.7 Å². The standard InChI is InChI=1S/C16H18N4O3/c1-10-8-11(2)20(18-10)14-6-5-12(9-17-14)15(21)19-7-3-4-13(19)16(22)23/h5-6,8-9,13H,3-4,7H2,1-2H3,(H,22,23). The van der Waals surface area contributed by atoms with Crippen molar-refractivity contribution in [2.24, 2.45) is 0 Å². The van der Waals surface area contributed by atoms with Gasteiger partial charge in [-0.3, -0.25) is 4.79 Å². The number of aliphatic carboxylic acids is 1. The largest absolute Gasteiger partial charge is 0.480 e. The zero-order valence-corrected chi connectivity index (χ0v) is 13.1. The Morgan fingerprint density at radius 1 is 1.30 bits per heavy atom. The Hall–Kier alpha value is -2.70. The molecule has 1 N–H and O–H groups in total. The van der Waals surface area contributed by atoms with Crippen molar-refractivity contribution in [1.29, 1.82) is 0 Å². The van der Waals surface area contributed by atoms with E-state index in [-0.39, 0.29) is 5.91 Å². The number of carbonyl (C=O) groups is 2. The Morgan fingerprint density at radius 2 is 2.09 bits per heavy atom. The lowest BCUT2D eigenvalue weighted by atomic mass is 10.2. The van der Waals surface area contributed by atoms with Crippen LogP contribution in [0.25, 0.3) is 5.82 Å². The number of pyridine rings is 1. The molecule has 1 amide bonds. The number of amides is 1. The molecule has 0 aliphatic carbocycles. The summed E-state index contributed by atoms with van der Waals surface area (Å²) in [6.07, 6.45) is 2.68. The third kappa shape index (κ3) is 2.81. The summed E-state index contributed by atoms with van der Waals surface area (Å²) >= 11 is 0. The van der Waals surface area contributed by atoms with Crippen LogP contribution in [0.5, 0.6) is 0 Å². The highest BCUT2D eigenvalue weighted by Gasteiger charge is 2.34. The van der Waals surface area contributed by atoms with Crippen molar-refractivity contribution < 1.29 is 14.7 Å². The number of aryl methyl sites for hydroxylation is 2. The van der Waals surface area contributed by atoms with Crippen molar-refractivity contribution in [2.45, 2.75) is 32.7 Å². The summed E-state index contributed by atoms with van der Waals surface area (Å²) in [7, 11) is 0. The molecule has 7 heteroatoms. The van der Waals surface area contributed by atoms with Gasteiger partial charge in [-0.2, -0.15) is 5.10 Å². The van der Waals surface area contributed by atoms with Crippen molar-refractivity contribution >= 4 is 11.9 Å². The van der Waals surface area contributed by atoms with Crippen LogP contribution >= 0.6 is 0 Å². The van der Waals surface area contributed by atoms with Crippen LogP contribution < -0.4 is 0 Å². The second-order valence-corrected chi connectivity index (χ2v) is 5.74. The summed E-state index contributed by atoms with van der Waals surface area (Å²) in [6.45, 7) is 4.30. The third-order valence-corrected chi connectivity index (χ3v) is 4.02. The normalized spacial score (nSPS) is 17.5. The minimum Gasteiger partial charge on any atom is -0.480 e. The lowest BCUT2D eigenvalue weighted by Gasteiger charge is -2.21. The molecule has 0 aromatic carbocycles.